The first-order chi connectivity index (χ1) is 18.8. The van der Waals surface area contributed by atoms with Crippen molar-refractivity contribution in [1.29, 1.82) is 0 Å². The minimum Gasteiger partial charge on any atom is -0.505 e. The van der Waals surface area contributed by atoms with E-state index in [0.717, 1.165) is 4.90 Å². The summed E-state index contributed by atoms with van der Waals surface area (Å²) in [6.45, 7) is 0. The highest BCUT2D eigenvalue weighted by Crippen LogP contribution is 2.52. The maximum absolute atomic E-state index is 14.0. The van der Waals surface area contributed by atoms with Crippen LogP contribution < -0.4 is 21.7 Å². The summed E-state index contributed by atoms with van der Waals surface area (Å²) < 4.78 is 40.6. The van der Waals surface area contributed by atoms with Crippen molar-refractivity contribution < 1.29 is 52.2 Å². The number of nitrogens with zero attached hydrogens (tertiary/aromatic N) is 2. The fraction of sp³-hybridized carbons (Fsp3) is 0.520. The number of rotatable bonds is 4. The zero-order valence-corrected chi connectivity index (χ0v) is 22.3. The molecule has 3 aliphatic carbocycles. The second-order valence-electron chi connectivity index (χ2n) is 11.0. The van der Waals surface area contributed by atoms with E-state index in [1.165, 1.54) is 25.1 Å². The van der Waals surface area contributed by atoms with Crippen LogP contribution in [-0.2, 0) is 30.4 Å². The van der Waals surface area contributed by atoms with Crippen molar-refractivity contribution in [3.63, 3.8) is 0 Å². The number of Topliss-reactive ketones (excluding diaryl/α,β-unsaturated/α-hetero) is 4. The summed E-state index contributed by atoms with van der Waals surface area (Å²) in [7, 11) is 5.62. The molecule has 4 rings (SSSR count). The molecular formula is C25H28F3N5O8. The number of anilines is 2. The lowest BCUT2D eigenvalue weighted by Crippen LogP contribution is -2.79. The average molecular weight is 584 g/mol. The Balaban J connectivity index is 2.05. The predicted molar refractivity (Wildman–Crippen MR) is 133 cm³/mol. The number of likely N-dealkylation sites (N-methyl/N-ethyl adjacent to an activating group) is 1. The number of nitrogens with one attached hydrogen (secondary N) is 1. The highest BCUT2D eigenvalue weighted by atomic mass is 19.4. The summed E-state index contributed by atoms with van der Waals surface area (Å²) in [5.41, 5.74) is 7.38. The topological polar surface area (TPSA) is 213 Å². The van der Waals surface area contributed by atoms with Gasteiger partial charge in [-0.25, -0.2) is 0 Å². The Kier molecular flexibility index (Phi) is 6.94. The van der Waals surface area contributed by atoms with Gasteiger partial charge in [0.25, 0.3) is 0 Å². The van der Waals surface area contributed by atoms with Crippen molar-refractivity contribution >= 4 is 46.3 Å². The summed E-state index contributed by atoms with van der Waals surface area (Å²) in [6.07, 6.45) is -5.88. The number of aliphatic hydroxyl groups is 1. The molecule has 222 valence electrons. The minimum atomic E-state index is -5.47. The van der Waals surface area contributed by atoms with Gasteiger partial charge in [-0.3, -0.25) is 33.7 Å². The van der Waals surface area contributed by atoms with Gasteiger partial charge in [0.2, 0.25) is 5.91 Å². The van der Waals surface area contributed by atoms with Gasteiger partial charge >= 0.3 is 12.1 Å². The molecule has 0 bridgehead atoms. The number of fused-ring (bicyclic) bond motifs is 3. The molecule has 2 amide bonds. The van der Waals surface area contributed by atoms with Gasteiger partial charge in [-0.15, -0.1) is 0 Å². The number of phenols is 1. The molecule has 2 fully saturated rings. The van der Waals surface area contributed by atoms with E-state index in [1.807, 2.05) is 0 Å². The third kappa shape index (κ3) is 4.15. The zero-order valence-electron chi connectivity index (χ0n) is 22.3. The van der Waals surface area contributed by atoms with Crippen molar-refractivity contribution in [2.24, 2.45) is 29.4 Å². The molecule has 0 saturated heterocycles. The Bertz CT molecular complexity index is 1410. The van der Waals surface area contributed by atoms with Crippen molar-refractivity contribution in [3.8, 4) is 5.75 Å². The number of ketones is 4. The van der Waals surface area contributed by atoms with Crippen molar-refractivity contribution in [2.45, 2.75) is 30.3 Å². The van der Waals surface area contributed by atoms with E-state index in [9.17, 15) is 52.2 Å². The maximum atomic E-state index is 14.0. The summed E-state index contributed by atoms with van der Waals surface area (Å²) in [4.78, 5) is 81.7. The molecule has 7 N–H and O–H groups in total. The fourth-order valence-electron chi connectivity index (χ4n) is 6.55. The van der Waals surface area contributed by atoms with Gasteiger partial charge in [-0.1, -0.05) is 0 Å². The monoisotopic (exact) mass is 583 g/mol. The third-order valence-corrected chi connectivity index (χ3v) is 8.23. The molecule has 3 aliphatic rings. The number of halogens is 3. The summed E-state index contributed by atoms with van der Waals surface area (Å²) in [5, 5.41) is 24.2. The van der Waals surface area contributed by atoms with E-state index in [1.54, 1.807) is 19.4 Å². The summed E-state index contributed by atoms with van der Waals surface area (Å²) in [6, 6.07) is -2.43. The second-order valence-corrected chi connectivity index (χ2v) is 11.0. The molecular weight excluding hydrogens is 555 g/mol. The van der Waals surface area contributed by atoms with Crippen molar-refractivity contribution in [2.75, 3.05) is 38.8 Å². The lowest BCUT2D eigenvalue weighted by Gasteiger charge is -2.56. The number of hydrogen-bond donors (Lipinski definition) is 5. The number of nitrogens with two attached hydrogens (primary N) is 2. The first-order valence-electron chi connectivity index (χ1n) is 12.3. The number of nitrogen functional groups attached to an aromatic ring is 1. The Morgan fingerprint density at radius 2 is 1.68 bits per heavy atom. The molecule has 0 aliphatic heterocycles. The molecule has 13 nitrogen and oxygen atoms in total. The molecule has 7 atom stereocenters. The van der Waals surface area contributed by atoms with Gasteiger partial charge < -0.3 is 31.9 Å². The van der Waals surface area contributed by atoms with Gasteiger partial charge in [0.05, 0.1) is 23.2 Å². The molecule has 1 aromatic rings. The first kappa shape index (κ1) is 29.9. The van der Waals surface area contributed by atoms with Crippen LogP contribution in [0.3, 0.4) is 0 Å². The van der Waals surface area contributed by atoms with Crippen molar-refractivity contribution in [3.05, 3.63) is 17.2 Å². The number of hydrogen-bond acceptors (Lipinski definition) is 11. The van der Waals surface area contributed by atoms with Crippen LogP contribution in [0.1, 0.15) is 15.9 Å². The largest absolute Gasteiger partial charge is 0.505 e. The van der Waals surface area contributed by atoms with Crippen LogP contribution in [0.2, 0.25) is 0 Å². The Labute approximate surface area is 230 Å². The molecule has 0 radical (unpaired) electrons. The van der Waals surface area contributed by atoms with E-state index in [2.05, 4.69) is 0 Å². The Morgan fingerprint density at radius 1 is 1.10 bits per heavy atom. The molecule has 1 aromatic carbocycles. The normalized spacial score (nSPS) is 31.3. The van der Waals surface area contributed by atoms with Crippen LogP contribution in [0.4, 0.5) is 24.5 Å². The number of carbonyl (C=O) groups excluding carboxylic acids is 6. The molecule has 0 spiro atoms. The number of alkyl halides is 3. The standard InChI is InChI=1S/C25H28F3N5O8/c1-32(2)10-6-9(29)17(34)11-7(10)5-8-12(18(11)35)20(37)24(41)14(15(8)31-23(40)25(26,27)28)16(33(3)4)19(36)13(21(24)38)22(30)39/h6,8,12-16,34,41H,5,29H2,1-4H3,(H2,30,39)(H,31,40)/t8-,12?,13?,14+,15+,16+,24+/m1/s1. The number of aromatic hydroxyl groups is 1. The van der Waals surface area contributed by atoms with E-state index in [-0.39, 0.29) is 16.9 Å². The average Bonchev–Trinajstić information content (AvgIpc) is 2.84. The number of primary amides is 1. The zero-order chi connectivity index (χ0) is 31.1. The van der Waals surface area contributed by atoms with E-state index in [4.69, 9.17) is 11.5 Å². The first-order valence-corrected chi connectivity index (χ1v) is 12.3. The molecule has 16 heteroatoms. The van der Waals surface area contributed by atoms with E-state index < -0.39 is 100 Å². The number of amides is 2. The van der Waals surface area contributed by atoms with E-state index in [0.29, 0.717) is 0 Å². The van der Waals surface area contributed by atoms with Crippen LogP contribution in [0.15, 0.2) is 6.07 Å². The second kappa shape index (κ2) is 9.51. The molecule has 0 heterocycles. The number of phenolic OH excluding ortho intramolecular Hbond substituents is 1. The maximum Gasteiger partial charge on any atom is 0.471 e. The SMILES string of the molecule is CN(C)c1cc(N)c(O)c2c1C[C@@H]1C(C2=O)C(=O)[C@]2(O)C(=O)C(C(N)=O)C(=O)[C@@H](N(C)C)[C@@H]2[C@H]1NC(=O)C(F)(F)F. The Hall–Kier alpha value is -4.05. The lowest BCUT2D eigenvalue weighted by molar-refractivity contribution is -0.190. The van der Waals surface area contributed by atoms with Gasteiger partial charge in [0, 0.05) is 37.7 Å². The van der Waals surface area contributed by atoms with Gasteiger partial charge in [0.15, 0.2) is 34.7 Å². The van der Waals surface area contributed by atoms with Crippen LogP contribution in [0, 0.1) is 23.7 Å². The Morgan fingerprint density at radius 3 is 2.17 bits per heavy atom. The minimum absolute atomic E-state index is 0.0855. The predicted octanol–water partition coefficient (Wildman–Crippen LogP) is -1.83. The highest BCUT2D eigenvalue weighted by molar-refractivity contribution is 6.32. The van der Waals surface area contributed by atoms with Crippen LogP contribution >= 0.6 is 0 Å². The number of carbonyl (C=O) groups is 6. The molecule has 0 aromatic heterocycles. The van der Waals surface area contributed by atoms with Crippen LogP contribution in [0.25, 0.3) is 0 Å². The summed E-state index contributed by atoms with van der Waals surface area (Å²) >= 11 is 0. The van der Waals surface area contributed by atoms with Crippen LogP contribution in [-0.4, -0.2) is 102 Å². The van der Waals surface area contributed by atoms with E-state index >= 15 is 0 Å². The van der Waals surface area contributed by atoms with Crippen molar-refractivity contribution in [1.82, 2.24) is 10.2 Å². The smallest absolute Gasteiger partial charge is 0.471 e. The molecule has 41 heavy (non-hydrogen) atoms. The van der Waals surface area contributed by atoms with Gasteiger partial charge in [-0.05, 0) is 32.1 Å². The number of benzene rings is 1. The molecule has 2 unspecified atom stereocenters. The fourth-order valence-corrected chi connectivity index (χ4v) is 6.55. The van der Waals surface area contributed by atoms with Gasteiger partial charge in [0.1, 0.15) is 5.75 Å². The summed E-state index contributed by atoms with van der Waals surface area (Å²) in [5.74, 6) is -18.3. The van der Waals surface area contributed by atoms with Crippen LogP contribution in [0.5, 0.6) is 5.75 Å². The molecule has 2 saturated carbocycles. The third-order valence-electron chi connectivity index (χ3n) is 8.23. The quantitative estimate of drug-likeness (QED) is 0.151. The lowest BCUT2D eigenvalue weighted by atomic mass is 9.50. The highest BCUT2D eigenvalue weighted by Gasteiger charge is 2.73. The van der Waals surface area contributed by atoms with Gasteiger partial charge in [-0.2, -0.15) is 13.2 Å².